The molecule has 1 aromatic rings. The zero-order chi connectivity index (χ0) is 20.1. The minimum Gasteiger partial charge on any atom is -0.478 e. The second-order valence-electron chi connectivity index (χ2n) is 8.29. The molecular weight excluding hydrogens is 353 g/mol. The highest BCUT2D eigenvalue weighted by Gasteiger charge is 2.32. The van der Waals surface area contributed by atoms with E-state index in [2.05, 4.69) is 29.2 Å². The van der Waals surface area contributed by atoms with Crippen molar-refractivity contribution in [3.63, 3.8) is 0 Å². The molecule has 1 saturated heterocycles. The summed E-state index contributed by atoms with van der Waals surface area (Å²) in [5.74, 6) is -0.727. The molecular formula is C22H32BNO4. The third-order valence-electron chi connectivity index (χ3n) is 6.42. The van der Waals surface area contributed by atoms with Gasteiger partial charge >= 0.3 is 13.1 Å². The normalized spacial score (nSPS) is 21.8. The van der Waals surface area contributed by atoms with Gasteiger partial charge in [-0.3, -0.25) is 4.90 Å². The SMILES string of the molecule is C/C(CCCB(O)O)=C(\C(=O)O)C1CCN(C2CCCc3ccccc32)CC1. The summed E-state index contributed by atoms with van der Waals surface area (Å²) >= 11 is 0. The van der Waals surface area contributed by atoms with Crippen molar-refractivity contribution >= 4 is 13.1 Å². The summed E-state index contributed by atoms with van der Waals surface area (Å²) in [6, 6.07) is 9.22. The zero-order valence-corrected chi connectivity index (χ0v) is 16.8. The molecule has 1 aromatic carbocycles. The number of aliphatic carboxylic acids is 1. The molecule has 6 heteroatoms. The van der Waals surface area contributed by atoms with Crippen LogP contribution in [-0.2, 0) is 11.2 Å². The quantitative estimate of drug-likeness (QED) is 0.495. The van der Waals surface area contributed by atoms with Crippen molar-refractivity contribution in [2.45, 2.75) is 64.2 Å². The number of carboxylic acid groups (broad SMARTS) is 1. The molecule has 1 atom stereocenters. The van der Waals surface area contributed by atoms with Crippen LogP contribution in [0.1, 0.15) is 62.6 Å². The van der Waals surface area contributed by atoms with Gasteiger partial charge in [0, 0.05) is 11.6 Å². The number of nitrogens with zero attached hydrogens (tertiary/aromatic N) is 1. The van der Waals surface area contributed by atoms with E-state index in [1.165, 1.54) is 24.0 Å². The van der Waals surface area contributed by atoms with Crippen LogP contribution in [0.15, 0.2) is 35.4 Å². The highest BCUT2D eigenvalue weighted by molar-refractivity contribution is 6.40. The van der Waals surface area contributed by atoms with Crippen molar-refractivity contribution in [3.05, 3.63) is 46.5 Å². The van der Waals surface area contributed by atoms with Crippen LogP contribution in [0.25, 0.3) is 0 Å². The van der Waals surface area contributed by atoms with Crippen LogP contribution in [-0.4, -0.2) is 46.2 Å². The molecule has 0 amide bonds. The topological polar surface area (TPSA) is 81.0 Å². The van der Waals surface area contributed by atoms with Gasteiger partial charge in [-0.1, -0.05) is 36.3 Å². The average Bonchev–Trinajstić information content (AvgIpc) is 2.68. The number of hydrogen-bond donors (Lipinski definition) is 3. The molecule has 5 nitrogen and oxygen atoms in total. The first-order chi connectivity index (χ1) is 13.5. The molecule has 3 N–H and O–H groups in total. The number of benzene rings is 1. The molecule has 0 saturated carbocycles. The van der Waals surface area contributed by atoms with E-state index in [4.69, 9.17) is 10.0 Å². The summed E-state index contributed by atoms with van der Waals surface area (Å²) in [6.45, 7) is 3.75. The van der Waals surface area contributed by atoms with Crippen LogP contribution < -0.4 is 0 Å². The molecule has 0 spiro atoms. The van der Waals surface area contributed by atoms with E-state index < -0.39 is 13.1 Å². The first kappa shape index (κ1) is 21.1. The molecule has 3 rings (SSSR count). The van der Waals surface area contributed by atoms with Gasteiger partial charge in [0.2, 0.25) is 0 Å². The maximum Gasteiger partial charge on any atom is 0.451 e. The summed E-state index contributed by atoms with van der Waals surface area (Å²) in [5, 5.41) is 27.8. The molecule has 1 aliphatic carbocycles. The Labute approximate surface area is 168 Å². The Morgan fingerprint density at radius 1 is 1.18 bits per heavy atom. The Kier molecular flexibility index (Phi) is 7.33. The van der Waals surface area contributed by atoms with Crippen molar-refractivity contribution < 1.29 is 19.9 Å². The van der Waals surface area contributed by atoms with Gasteiger partial charge in [-0.2, -0.15) is 0 Å². The van der Waals surface area contributed by atoms with Crippen molar-refractivity contribution in [1.82, 2.24) is 4.90 Å². The molecule has 152 valence electrons. The van der Waals surface area contributed by atoms with E-state index in [-0.39, 0.29) is 12.2 Å². The van der Waals surface area contributed by atoms with Crippen molar-refractivity contribution in [1.29, 1.82) is 0 Å². The molecule has 1 aliphatic heterocycles. The zero-order valence-electron chi connectivity index (χ0n) is 16.8. The number of hydrogen-bond acceptors (Lipinski definition) is 4. The Balaban J connectivity index is 1.64. The molecule has 2 aliphatic rings. The first-order valence-electron chi connectivity index (χ1n) is 10.6. The maximum atomic E-state index is 11.9. The van der Waals surface area contributed by atoms with E-state index in [9.17, 15) is 9.90 Å². The number of allylic oxidation sites excluding steroid dienone is 1. The number of carboxylic acids is 1. The van der Waals surface area contributed by atoms with Gasteiger partial charge in [0.15, 0.2) is 0 Å². The van der Waals surface area contributed by atoms with Gasteiger partial charge in [-0.15, -0.1) is 0 Å². The number of rotatable bonds is 7. The van der Waals surface area contributed by atoms with Crippen LogP contribution in [0, 0.1) is 5.92 Å². The summed E-state index contributed by atoms with van der Waals surface area (Å²) in [6.07, 6.45) is 6.80. The Morgan fingerprint density at radius 2 is 1.89 bits per heavy atom. The first-order valence-corrected chi connectivity index (χ1v) is 10.6. The molecule has 1 unspecified atom stereocenters. The Bertz CT molecular complexity index is 710. The predicted molar refractivity (Wildman–Crippen MR) is 111 cm³/mol. The van der Waals surface area contributed by atoms with E-state index in [1.807, 2.05) is 6.92 Å². The standard InChI is InChI=1S/C22H32BNO4/c1-16(6-5-13-23(27)28)21(22(25)26)18-11-14-24(15-12-18)20-10-4-8-17-7-2-3-9-19(17)20/h2-3,7,9,18,20,27-28H,4-6,8,10-15H2,1H3,(H,25,26)/b21-16+. The summed E-state index contributed by atoms with van der Waals surface area (Å²) in [4.78, 5) is 14.5. The molecule has 0 bridgehead atoms. The Hall–Kier alpha value is -1.63. The summed E-state index contributed by atoms with van der Waals surface area (Å²) in [5.41, 5.74) is 4.36. The highest BCUT2D eigenvalue weighted by atomic mass is 16.4. The van der Waals surface area contributed by atoms with Gasteiger partial charge in [0.1, 0.15) is 0 Å². The van der Waals surface area contributed by atoms with Gasteiger partial charge in [0.05, 0.1) is 0 Å². The second kappa shape index (κ2) is 9.72. The van der Waals surface area contributed by atoms with Crippen LogP contribution in [0.2, 0.25) is 6.32 Å². The van der Waals surface area contributed by atoms with Gasteiger partial charge in [0.25, 0.3) is 0 Å². The monoisotopic (exact) mass is 385 g/mol. The Morgan fingerprint density at radius 3 is 2.57 bits per heavy atom. The second-order valence-corrected chi connectivity index (χ2v) is 8.29. The lowest BCUT2D eigenvalue weighted by atomic mass is 9.80. The molecule has 1 heterocycles. The molecule has 1 fully saturated rings. The molecule has 28 heavy (non-hydrogen) atoms. The third kappa shape index (κ3) is 5.05. The van der Waals surface area contributed by atoms with Gasteiger partial charge < -0.3 is 15.2 Å². The van der Waals surface area contributed by atoms with Crippen molar-refractivity contribution in [2.24, 2.45) is 5.92 Å². The largest absolute Gasteiger partial charge is 0.478 e. The van der Waals surface area contributed by atoms with Crippen LogP contribution in [0.5, 0.6) is 0 Å². The average molecular weight is 385 g/mol. The van der Waals surface area contributed by atoms with Gasteiger partial charge in [-0.05, 0) is 81.9 Å². The van der Waals surface area contributed by atoms with E-state index >= 15 is 0 Å². The fourth-order valence-electron chi connectivity index (χ4n) is 5.00. The minimum absolute atomic E-state index is 0.0895. The number of aryl methyl sites for hydroxylation is 1. The summed E-state index contributed by atoms with van der Waals surface area (Å²) in [7, 11) is -1.32. The fraction of sp³-hybridized carbons (Fsp3) is 0.591. The van der Waals surface area contributed by atoms with E-state index in [1.54, 1.807) is 0 Å². The predicted octanol–water partition coefficient (Wildman–Crippen LogP) is 3.43. The highest BCUT2D eigenvalue weighted by Crippen LogP contribution is 2.38. The van der Waals surface area contributed by atoms with Crippen molar-refractivity contribution in [3.8, 4) is 0 Å². The van der Waals surface area contributed by atoms with Crippen LogP contribution in [0.3, 0.4) is 0 Å². The smallest absolute Gasteiger partial charge is 0.451 e. The lowest BCUT2D eigenvalue weighted by Crippen LogP contribution is -2.39. The lowest BCUT2D eigenvalue weighted by Gasteiger charge is -2.40. The van der Waals surface area contributed by atoms with Gasteiger partial charge in [-0.25, -0.2) is 4.79 Å². The van der Waals surface area contributed by atoms with Crippen LogP contribution >= 0.6 is 0 Å². The fourth-order valence-corrected chi connectivity index (χ4v) is 5.00. The van der Waals surface area contributed by atoms with E-state index in [0.29, 0.717) is 24.5 Å². The summed E-state index contributed by atoms with van der Waals surface area (Å²) < 4.78 is 0. The number of carbonyl (C=O) groups is 1. The van der Waals surface area contributed by atoms with Crippen LogP contribution in [0.4, 0.5) is 0 Å². The number of likely N-dealkylation sites (tertiary alicyclic amines) is 1. The third-order valence-corrected chi connectivity index (χ3v) is 6.42. The number of piperidine rings is 1. The molecule has 0 radical (unpaired) electrons. The lowest BCUT2D eigenvalue weighted by molar-refractivity contribution is -0.133. The minimum atomic E-state index is -1.32. The number of fused-ring (bicyclic) bond motifs is 1. The maximum absolute atomic E-state index is 11.9. The van der Waals surface area contributed by atoms with E-state index in [0.717, 1.165) is 37.9 Å². The van der Waals surface area contributed by atoms with Crippen molar-refractivity contribution in [2.75, 3.05) is 13.1 Å². The molecule has 0 aromatic heterocycles.